The van der Waals surface area contributed by atoms with Crippen LogP contribution in [0, 0.1) is 0 Å². The van der Waals surface area contributed by atoms with E-state index >= 15 is 0 Å². The van der Waals surface area contributed by atoms with Crippen molar-refractivity contribution in [1.29, 1.82) is 0 Å². The van der Waals surface area contributed by atoms with Crippen molar-refractivity contribution in [3.05, 3.63) is 66.0 Å². The van der Waals surface area contributed by atoms with Crippen LogP contribution in [0.5, 0.6) is 0 Å². The summed E-state index contributed by atoms with van der Waals surface area (Å²) in [5.41, 5.74) is 3.05. The number of piperidine rings is 1. The molecule has 0 bridgehead atoms. The first kappa shape index (κ1) is 17.0. The number of para-hydroxylation sites is 2. The van der Waals surface area contributed by atoms with Gasteiger partial charge in [-0.3, -0.25) is 9.69 Å². The summed E-state index contributed by atoms with van der Waals surface area (Å²) in [6.45, 7) is 4.40. The fourth-order valence-electron chi connectivity index (χ4n) is 4.23. The molecule has 0 saturated carbocycles. The summed E-state index contributed by atoms with van der Waals surface area (Å²) in [6, 6.07) is 18.5. The first-order valence-electron chi connectivity index (χ1n) is 9.29. The molecule has 0 atom stereocenters. The van der Waals surface area contributed by atoms with Crippen molar-refractivity contribution >= 4 is 16.8 Å². The summed E-state index contributed by atoms with van der Waals surface area (Å²) in [6.07, 6.45) is 1.74. The maximum atomic E-state index is 12.5. The molecule has 26 heavy (non-hydrogen) atoms. The summed E-state index contributed by atoms with van der Waals surface area (Å²) in [7, 11) is 2.08. The Hall–Kier alpha value is -2.46. The highest BCUT2D eigenvalue weighted by molar-refractivity contribution is 5.88. The number of ketones is 1. The third-order valence-electron chi connectivity index (χ3n) is 5.95. The van der Waals surface area contributed by atoms with Crippen LogP contribution >= 0.6 is 0 Å². The second kappa shape index (κ2) is 6.69. The summed E-state index contributed by atoms with van der Waals surface area (Å²) in [5.74, 6) is 1.37. The van der Waals surface area contributed by atoms with Crippen LogP contribution in [0.1, 0.15) is 31.2 Å². The highest BCUT2D eigenvalue weighted by Crippen LogP contribution is 2.36. The Bertz CT molecular complexity index is 921. The third kappa shape index (κ3) is 2.84. The van der Waals surface area contributed by atoms with Crippen molar-refractivity contribution in [1.82, 2.24) is 14.5 Å². The molecule has 0 radical (unpaired) electrons. The van der Waals surface area contributed by atoms with Crippen molar-refractivity contribution in [2.75, 3.05) is 13.1 Å². The number of likely N-dealkylation sites (tertiary alicyclic amines) is 1. The quantitative estimate of drug-likeness (QED) is 0.722. The molecule has 1 fully saturated rings. The molecule has 4 rings (SSSR count). The van der Waals surface area contributed by atoms with Gasteiger partial charge in [-0.1, -0.05) is 42.5 Å². The number of benzene rings is 2. The van der Waals surface area contributed by atoms with Crippen LogP contribution in [-0.4, -0.2) is 33.3 Å². The zero-order valence-electron chi connectivity index (χ0n) is 15.5. The van der Waals surface area contributed by atoms with Crippen LogP contribution < -0.4 is 0 Å². The summed E-state index contributed by atoms with van der Waals surface area (Å²) >= 11 is 0. The van der Waals surface area contributed by atoms with Gasteiger partial charge in [0.15, 0.2) is 0 Å². The Labute approximate surface area is 154 Å². The standard InChI is InChI=1S/C22H25N3O/c1-17(26)22(18-8-4-3-5-9-18)12-14-25(15-13-22)16-21-23-19-10-6-7-11-20(19)24(21)2/h3-11H,12-16H2,1-2H3. The zero-order chi connectivity index (χ0) is 18.1. The first-order chi connectivity index (χ1) is 12.6. The lowest BCUT2D eigenvalue weighted by molar-refractivity contribution is -0.124. The number of nitrogens with zero attached hydrogens (tertiary/aromatic N) is 3. The summed E-state index contributed by atoms with van der Waals surface area (Å²) in [5, 5.41) is 0. The number of aromatic nitrogens is 2. The predicted octanol–water partition coefficient (Wildman–Crippen LogP) is 3.70. The number of hydrogen-bond donors (Lipinski definition) is 0. The SMILES string of the molecule is CC(=O)C1(c2ccccc2)CCN(Cc2nc3ccccc3n2C)CC1. The van der Waals surface area contributed by atoms with E-state index in [1.54, 1.807) is 6.92 Å². The molecule has 0 N–H and O–H groups in total. The fraction of sp³-hybridized carbons (Fsp3) is 0.364. The second-order valence-electron chi connectivity index (χ2n) is 7.36. The minimum Gasteiger partial charge on any atom is -0.330 e. The van der Waals surface area contributed by atoms with Gasteiger partial charge in [-0.05, 0) is 50.6 Å². The molecule has 0 unspecified atom stereocenters. The van der Waals surface area contributed by atoms with E-state index in [-0.39, 0.29) is 11.2 Å². The molecular weight excluding hydrogens is 322 g/mol. The van der Waals surface area contributed by atoms with Crippen LogP contribution in [0.2, 0.25) is 0 Å². The number of carbonyl (C=O) groups is 1. The van der Waals surface area contributed by atoms with Crippen molar-refractivity contribution < 1.29 is 4.79 Å². The van der Waals surface area contributed by atoms with Gasteiger partial charge in [-0.15, -0.1) is 0 Å². The molecule has 0 spiro atoms. The topological polar surface area (TPSA) is 38.1 Å². The molecule has 0 amide bonds. The number of hydrogen-bond acceptors (Lipinski definition) is 3. The Morgan fingerprint density at radius 3 is 2.35 bits per heavy atom. The van der Waals surface area contributed by atoms with Gasteiger partial charge < -0.3 is 4.57 Å². The zero-order valence-corrected chi connectivity index (χ0v) is 15.5. The van der Waals surface area contributed by atoms with Crippen LogP contribution in [-0.2, 0) is 23.8 Å². The van der Waals surface area contributed by atoms with E-state index in [0.717, 1.165) is 49.4 Å². The highest BCUT2D eigenvalue weighted by Gasteiger charge is 2.40. The van der Waals surface area contributed by atoms with Crippen molar-refractivity contribution in [2.24, 2.45) is 7.05 Å². The molecule has 1 aliphatic rings. The first-order valence-corrected chi connectivity index (χ1v) is 9.29. The van der Waals surface area contributed by atoms with E-state index in [4.69, 9.17) is 4.98 Å². The molecule has 4 heteroatoms. The largest absolute Gasteiger partial charge is 0.330 e. The molecule has 1 aromatic heterocycles. The molecule has 2 aromatic carbocycles. The van der Waals surface area contributed by atoms with Gasteiger partial charge in [0.05, 0.1) is 23.0 Å². The van der Waals surface area contributed by atoms with Gasteiger partial charge >= 0.3 is 0 Å². The van der Waals surface area contributed by atoms with E-state index in [0.29, 0.717) is 0 Å². The third-order valence-corrected chi connectivity index (χ3v) is 5.95. The smallest absolute Gasteiger partial charge is 0.140 e. The molecular formula is C22H25N3O. The van der Waals surface area contributed by atoms with Gasteiger partial charge in [0.1, 0.15) is 11.6 Å². The predicted molar refractivity (Wildman–Crippen MR) is 104 cm³/mol. The van der Waals surface area contributed by atoms with Gasteiger partial charge in [-0.25, -0.2) is 4.98 Å². The monoisotopic (exact) mass is 347 g/mol. The Kier molecular flexibility index (Phi) is 4.37. The number of carbonyl (C=O) groups excluding carboxylic acids is 1. The molecule has 4 nitrogen and oxygen atoms in total. The van der Waals surface area contributed by atoms with Crippen molar-refractivity contribution in [3.8, 4) is 0 Å². The van der Waals surface area contributed by atoms with Crippen molar-refractivity contribution in [3.63, 3.8) is 0 Å². The molecule has 0 aliphatic carbocycles. The molecule has 3 aromatic rings. The Morgan fingerprint density at radius 1 is 1.04 bits per heavy atom. The fourth-order valence-corrected chi connectivity index (χ4v) is 4.23. The van der Waals surface area contributed by atoms with E-state index in [1.807, 2.05) is 24.3 Å². The van der Waals surface area contributed by atoms with E-state index in [2.05, 4.69) is 46.8 Å². The van der Waals surface area contributed by atoms with E-state index < -0.39 is 0 Å². The lowest BCUT2D eigenvalue weighted by atomic mass is 9.70. The number of aryl methyl sites for hydroxylation is 1. The van der Waals surface area contributed by atoms with Gasteiger partial charge in [0, 0.05) is 7.05 Å². The van der Waals surface area contributed by atoms with Crippen LogP contribution in [0.3, 0.4) is 0 Å². The molecule has 2 heterocycles. The van der Waals surface area contributed by atoms with Gasteiger partial charge in [0.2, 0.25) is 0 Å². The van der Waals surface area contributed by atoms with E-state index in [1.165, 1.54) is 5.52 Å². The second-order valence-corrected chi connectivity index (χ2v) is 7.36. The lowest BCUT2D eigenvalue weighted by Gasteiger charge is -2.40. The van der Waals surface area contributed by atoms with Crippen LogP contribution in [0.25, 0.3) is 11.0 Å². The highest BCUT2D eigenvalue weighted by atomic mass is 16.1. The summed E-state index contributed by atoms with van der Waals surface area (Å²) in [4.78, 5) is 19.7. The minimum absolute atomic E-state index is 0.283. The lowest BCUT2D eigenvalue weighted by Crippen LogP contribution is -2.46. The molecule has 1 aliphatic heterocycles. The van der Waals surface area contributed by atoms with Crippen LogP contribution in [0.15, 0.2) is 54.6 Å². The van der Waals surface area contributed by atoms with Crippen molar-refractivity contribution in [2.45, 2.75) is 31.7 Å². The van der Waals surface area contributed by atoms with Gasteiger partial charge in [-0.2, -0.15) is 0 Å². The van der Waals surface area contributed by atoms with Crippen LogP contribution in [0.4, 0.5) is 0 Å². The Balaban J connectivity index is 1.52. The average Bonchev–Trinajstić information content (AvgIpc) is 2.99. The average molecular weight is 347 g/mol. The Morgan fingerprint density at radius 2 is 1.69 bits per heavy atom. The molecule has 1 saturated heterocycles. The number of rotatable bonds is 4. The maximum Gasteiger partial charge on any atom is 0.140 e. The molecule has 134 valence electrons. The number of imidazole rings is 1. The summed E-state index contributed by atoms with van der Waals surface area (Å²) < 4.78 is 2.18. The number of fused-ring (bicyclic) bond motifs is 1. The minimum atomic E-state index is -0.329. The van der Waals surface area contributed by atoms with E-state index in [9.17, 15) is 4.79 Å². The normalized spacial score (nSPS) is 17.5. The van der Waals surface area contributed by atoms with Gasteiger partial charge in [0.25, 0.3) is 0 Å². The number of Topliss-reactive ketones (excluding diaryl/α,β-unsaturated/α-hetero) is 1. The maximum absolute atomic E-state index is 12.5.